The summed E-state index contributed by atoms with van der Waals surface area (Å²) < 4.78 is 28.0. The molecule has 0 aromatic heterocycles. The van der Waals surface area contributed by atoms with Gasteiger partial charge < -0.3 is 15.5 Å². The number of carbonyl (C=O) groups excluding carboxylic acids is 2. The topological polar surface area (TPSA) is 98.8 Å². The molecule has 2 aromatic carbocycles. The van der Waals surface area contributed by atoms with Gasteiger partial charge in [-0.25, -0.2) is 8.42 Å². The van der Waals surface area contributed by atoms with Crippen LogP contribution in [0, 0.1) is 5.92 Å². The van der Waals surface area contributed by atoms with E-state index in [0.29, 0.717) is 43.1 Å². The molecule has 188 valence electrons. The summed E-state index contributed by atoms with van der Waals surface area (Å²) in [5.41, 5.74) is 2.30. The predicted molar refractivity (Wildman–Crippen MR) is 138 cm³/mol. The number of benzene rings is 2. The molecule has 0 bridgehead atoms. The van der Waals surface area contributed by atoms with Crippen molar-refractivity contribution >= 4 is 38.9 Å². The Labute approximate surface area is 207 Å². The third-order valence-electron chi connectivity index (χ3n) is 6.64. The van der Waals surface area contributed by atoms with Crippen molar-refractivity contribution in [2.24, 2.45) is 5.92 Å². The Kier molecular flexibility index (Phi) is 7.76. The molecule has 1 saturated carbocycles. The van der Waals surface area contributed by atoms with Crippen LogP contribution < -0.4 is 15.5 Å². The fraction of sp³-hybridized carbons (Fsp3) is 0.462. The molecule has 8 nitrogen and oxygen atoms in total. The summed E-state index contributed by atoms with van der Waals surface area (Å²) >= 11 is 0. The number of hydrogen-bond donors (Lipinski definition) is 2. The summed E-state index contributed by atoms with van der Waals surface area (Å²) in [6.45, 7) is 6.50. The highest BCUT2D eigenvalue weighted by molar-refractivity contribution is 7.89. The maximum atomic E-state index is 13.3. The highest BCUT2D eigenvalue weighted by atomic mass is 32.2. The summed E-state index contributed by atoms with van der Waals surface area (Å²) in [6, 6.07) is 11.7. The summed E-state index contributed by atoms with van der Waals surface area (Å²) in [5, 5.41) is 5.79. The number of nitrogens with one attached hydrogen (secondary N) is 2. The number of anilines is 3. The van der Waals surface area contributed by atoms with Crippen LogP contribution >= 0.6 is 0 Å². The minimum atomic E-state index is -3.64. The van der Waals surface area contributed by atoms with Gasteiger partial charge in [0.1, 0.15) is 0 Å². The van der Waals surface area contributed by atoms with Gasteiger partial charge in [0.05, 0.1) is 16.3 Å². The number of carbonyl (C=O) groups is 2. The average molecular weight is 499 g/mol. The van der Waals surface area contributed by atoms with E-state index in [9.17, 15) is 18.0 Å². The lowest BCUT2D eigenvalue weighted by atomic mass is 10.1. The lowest BCUT2D eigenvalue weighted by Gasteiger charge is -2.28. The van der Waals surface area contributed by atoms with Crippen LogP contribution in [0.1, 0.15) is 56.3 Å². The molecule has 0 unspecified atom stereocenters. The Hall–Kier alpha value is -2.91. The molecule has 2 aliphatic rings. The van der Waals surface area contributed by atoms with E-state index in [1.54, 1.807) is 42.5 Å². The lowest BCUT2D eigenvalue weighted by molar-refractivity contribution is -0.117. The zero-order valence-corrected chi connectivity index (χ0v) is 21.2. The summed E-state index contributed by atoms with van der Waals surface area (Å²) in [7, 11) is -3.64. The van der Waals surface area contributed by atoms with Gasteiger partial charge in [0.25, 0.3) is 5.91 Å². The van der Waals surface area contributed by atoms with Gasteiger partial charge >= 0.3 is 0 Å². The molecule has 1 aliphatic heterocycles. The Bertz CT molecular complexity index is 1170. The molecule has 0 atom stereocenters. The molecule has 0 spiro atoms. The lowest BCUT2D eigenvalue weighted by Crippen LogP contribution is -2.35. The molecule has 2 amide bonds. The van der Waals surface area contributed by atoms with Crippen molar-refractivity contribution in [1.29, 1.82) is 0 Å². The van der Waals surface area contributed by atoms with E-state index >= 15 is 0 Å². The molecule has 1 saturated heterocycles. The Morgan fingerprint density at radius 2 is 1.60 bits per heavy atom. The molecule has 4 rings (SSSR count). The Morgan fingerprint density at radius 3 is 2.20 bits per heavy atom. The van der Waals surface area contributed by atoms with Gasteiger partial charge in [-0.2, -0.15) is 4.31 Å². The third-order valence-corrected chi connectivity index (χ3v) is 8.53. The fourth-order valence-corrected chi connectivity index (χ4v) is 5.90. The minimum Gasteiger partial charge on any atom is -0.370 e. The summed E-state index contributed by atoms with van der Waals surface area (Å²) in [6.07, 6.45) is 4.60. The molecule has 2 aromatic rings. The zero-order valence-electron chi connectivity index (χ0n) is 20.4. The molecular formula is C26H34N4O4S. The van der Waals surface area contributed by atoms with Crippen molar-refractivity contribution in [3.05, 3.63) is 48.0 Å². The van der Waals surface area contributed by atoms with E-state index in [1.165, 1.54) is 4.31 Å². The van der Waals surface area contributed by atoms with Crippen molar-refractivity contribution in [2.45, 2.75) is 50.8 Å². The van der Waals surface area contributed by atoms with E-state index in [4.69, 9.17) is 0 Å². The monoisotopic (exact) mass is 498 g/mol. The number of sulfonamides is 1. The van der Waals surface area contributed by atoms with E-state index in [0.717, 1.165) is 37.8 Å². The van der Waals surface area contributed by atoms with Crippen molar-refractivity contribution < 1.29 is 18.0 Å². The first-order valence-electron chi connectivity index (χ1n) is 12.4. The first-order chi connectivity index (χ1) is 16.8. The smallest absolute Gasteiger partial charge is 0.255 e. The Morgan fingerprint density at radius 1 is 0.943 bits per heavy atom. The van der Waals surface area contributed by atoms with Gasteiger partial charge in [0, 0.05) is 43.3 Å². The van der Waals surface area contributed by atoms with Gasteiger partial charge in [0.2, 0.25) is 15.9 Å². The van der Waals surface area contributed by atoms with Crippen LogP contribution in [-0.4, -0.2) is 50.7 Å². The largest absolute Gasteiger partial charge is 0.370 e. The van der Waals surface area contributed by atoms with Gasteiger partial charge in [0.15, 0.2) is 0 Å². The minimum absolute atomic E-state index is 0.0118. The SMILES string of the molecule is CCN(CC)c1ccc(S(=O)(=O)N2CCCCC2)cc1NC(=O)c1ccc(NC(=O)C2CC2)cc1. The average Bonchev–Trinajstić information content (AvgIpc) is 3.72. The first kappa shape index (κ1) is 25.2. The second-order valence-electron chi connectivity index (χ2n) is 9.11. The molecule has 2 N–H and O–H groups in total. The van der Waals surface area contributed by atoms with Crippen molar-refractivity contribution in [3.63, 3.8) is 0 Å². The van der Waals surface area contributed by atoms with Crippen LogP contribution in [0.3, 0.4) is 0 Å². The Balaban J connectivity index is 1.57. The molecule has 1 aliphatic carbocycles. The zero-order chi connectivity index (χ0) is 25.0. The van der Waals surface area contributed by atoms with Crippen molar-refractivity contribution in [3.8, 4) is 0 Å². The molecule has 9 heteroatoms. The van der Waals surface area contributed by atoms with Gasteiger partial charge in [-0.05, 0) is 82.0 Å². The van der Waals surface area contributed by atoms with Crippen LogP contribution in [0.15, 0.2) is 47.4 Å². The fourth-order valence-electron chi connectivity index (χ4n) is 4.36. The predicted octanol–water partition coefficient (Wildman–Crippen LogP) is 4.31. The number of hydrogen-bond acceptors (Lipinski definition) is 5. The number of rotatable bonds is 9. The van der Waals surface area contributed by atoms with Gasteiger partial charge in [-0.15, -0.1) is 0 Å². The molecule has 2 fully saturated rings. The van der Waals surface area contributed by atoms with E-state index in [2.05, 4.69) is 15.5 Å². The van der Waals surface area contributed by atoms with Crippen LogP contribution in [0.5, 0.6) is 0 Å². The number of amides is 2. The van der Waals surface area contributed by atoms with Crippen LogP contribution in [0.25, 0.3) is 0 Å². The second-order valence-corrected chi connectivity index (χ2v) is 11.0. The second kappa shape index (κ2) is 10.8. The maximum Gasteiger partial charge on any atom is 0.255 e. The molecular weight excluding hydrogens is 464 g/mol. The van der Waals surface area contributed by atoms with Crippen molar-refractivity contribution in [2.75, 3.05) is 41.7 Å². The van der Waals surface area contributed by atoms with E-state index < -0.39 is 10.0 Å². The van der Waals surface area contributed by atoms with Crippen molar-refractivity contribution in [1.82, 2.24) is 4.31 Å². The van der Waals surface area contributed by atoms with Crippen LogP contribution in [0.4, 0.5) is 17.1 Å². The van der Waals surface area contributed by atoms with E-state index in [-0.39, 0.29) is 22.6 Å². The summed E-state index contributed by atoms with van der Waals surface area (Å²) in [4.78, 5) is 27.3. The molecule has 35 heavy (non-hydrogen) atoms. The van der Waals surface area contributed by atoms with Gasteiger partial charge in [-0.1, -0.05) is 6.42 Å². The highest BCUT2D eigenvalue weighted by Gasteiger charge is 2.30. The summed E-state index contributed by atoms with van der Waals surface area (Å²) in [5.74, 6) is -0.228. The highest BCUT2D eigenvalue weighted by Crippen LogP contribution is 2.32. The molecule has 0 radical (unpaired) electrons. The van der Waals surface area contributed by atoms with Crippen LogP contribution in [-0.2, 0) is 14.8 Å². The van der Waals surface area contributed by atoms with Gasteiger partial charge in [-0.3, -0.25) is 9.59 Å². The van der Waals surface area contributed by atoms with E-state index in [1.807, 2.05) is 13.8 Å². The number of piperidine rings is 1. The number of nitrogens with zero attached hydrogens (tertiary/aromatic N) is 2. The van der Waals surface area contributed by atoms with Crippen LogP contribution in [0.2, 0.25) is 0 Å². The standard InChI is InChI=1S/C26H34N4O4S/c1-3-29(4-2)24-15-14-22(35(33,34)30-16-6-5-7-17-30)18-23(24)28-26(32)20-10-12-21(13-11-20)27-25(31)19-8-9-19/h10-15,18-19H,3-9,16-17H2,1-2H3,(H,27,31)(H,28,32). The quantitative estimate of drug-likeness (QED) is 0.537. The normalized spacial score (nSPS) is 16.5. The maximum absolute atomic E-state index is 13.3. The first-order valence-corrected chi connectivity index (χ1v) is 13.9. The molecule has 1 heterocycles. The third kappa shape index (κ3) is 5.85.